The Balaban J connectivity index is 1.70. The Morgan fingerprint density at radius 2 is 1.84 bits per heavy atom. The fourth-order valence-corrected chi connectivity index (χ4v) is 4.55. The van der Waals surface area contributed by atoms with Gasteiger partial charge in [-0.2, -0.15) is 5.26 Å². The van der Waals surface area contributed by atoms with Crippen molar-refractivity contribution in [3.63, 3.8) is 0 Å². The average Bonchev–Trinajstić information content (AvgIpc) is 3.11. The Morgan fingerprint density at radius 3 is 2.55 bits per heavy atom. The molecule has 1 unspecified atom stereocenters. The largest absolute Gasteiger partial charge is 0.485 e. The summed E-state index contributed by atoms with van der Waals surface area (Å²) in [6.45, 7) is 1.96. The van der Waals surface area contributed by atoms with Crippen LogP contribution in [-0.4, -0.2) is 11.9 Å². The highest BCUT2D eigenvalue weighted by Crippen LogP contribution is 2.52. The summed E-state index contributed by atoms with van der Waals surface area (Å²) in [7, 11) is 0. The first kappa shape index (κ1) is 18.9. The third-order valence-corrected chi connectivity index (χ3v) is 6.09. The molecule has 0 aliphatic carbocycles. The van der Waals surface area contributed by atoms with E-state index in [1.54, 1.807) is 6.07 Å². The van der Waals surface area contributed by atoms with E-state index in [0.717, 1.165) is 16.7 Å². The number of nitrogens with two attached hydrogens (primary N) is 1. The number of benzene rings is 3. The highest BCUT2D eigenvalue weighted by molar-refractivity contribution is 6.08. The molecular formula is C25H20N4O2. The van der Waals surface area contributed by atoms with Crippen molar-refractivity contribution in [3.8, 4) is 22.9 Å². The molecule has 0 radical (unpaired) electrons. The van der Waals surface area contributed by atoms with Crippen LogP contribution in [0, 0.1) is 17.2 Å². The summed E-state index contributed by atoms with van der Waals surface area (Å²) in [6.07, 6.45) is -0.359. The first-order valence-corrected chi connectivity index (χ1v) is 10.1. The van der Waals surface area contributed by atoms with E-state index < -0.39 is 5.54 Å². The average molecular weight is 408 g/mol. The van der Waals surface area contributed by atoms with Gasteiger partial charge in [-0.15, -0.1) is 0 Å². The van der Waals surface area contributed by atoms with Crippen LogP contribution in [0.25, 0.3) is 11.1 Å². The van der Waals surface area contributed by atoms with Crippen LogP contribution in [0.3, 0.4) is 0 Å². The van der Waals surface area contributed by atoms with Crippen LogP contribution in [0.2, 0.25) is 0 Å². The molecule has 6 heteroatoms. The number of ether oxygens (including phenoxy) is 1. The van der Waals surface area contributed by atoms with Gasteiger partial charge in [-0.3, -0.25) is 10.1 Å². The quantitative estimate of drug-likeness (QED) is 0.676. The third kappa shape index (κ3) is 2.86. The van der Waals surface area contributed by atoms with Crippen molar-refractivity contribution < 1.29 is 9.53 Å². The van der Waals surface area contributed by atoms with Crippen molar-refractivity contribution >= 4 is 11.9 Å². The molecule has 0 aromatic heterocycles. The second-order valence-electron chi connectivity index (χ2n) is 7.86. The number of amides is 1. The Kier molecular flexibility index (Phi) is 4.26. The number of guanidine groups is 1. The molecule has 1 amide bonds. The number of hydrogen-bond acceptors (Lipinski definition) is 5. The molecule has 3 atom stereocenters. The number of nitrogens with zero attached hydrogens (tertiary/aromatic N) is 2. The molecule has 2 aliphatic heterocycles. The van der Waals surface area contributed by atoms with E-state index in [9.17, 15) is 10.1 Å². The molecule has 5 rings (SSSR count). The Bertz CT molecular complexity index is 1260. The SMILES string of the molecule is CC1[C@H](c2ccccc2)Oc2ccc(-c3cccc(C#N)c3)cc2[C@]12N=C(N)NC2=O. The second-order valence-corrected chi connectivity index (χ2v) is 7.86. The van der Waals surface area contributed by atoms with E-state index in [0.29, 0.717) is 16.9 Å². The summed E-state index contributed by atoms with van der Waals surface area (Å²) in [4.78, 5) is 17.9. The lowest BCUT2D eigenvalue weighted by atomic mass is 9.72. The predicted molar refractivity (Wildman–Crippen MR) is 117 cm³/mol. The van der Waals surface area contributed by atoms with Crippen molar-refractivity contribution in [1.29, 1.82) is 5.26 Å². The minimum Gasteiger partial charge on any atom is -0.485 e. The summed E-state index contributed by atoms with van der Waals surface area (Å²) < 4.78 is 6.39. The van der Waals surface area contributed by atoms with Gasteiger partial charge in [0.1, 0.15) is 11.9 Å². The number of hydrogen-bond donors (Lipinski definition) is 2. The normalized spacial score (nSPS) is 24.0. The number of carbonyl (C=O) groups is 1. The van der Waals surface area contributed by atoms with E-state index in [1.165, 1.54) is 0 Å². The maximum absolute atomic E-state index is 13.3. The lowest BCUT2D eigenvalue weighted by Gasteiger charge is -2.42. The highest BCUT2D eigenvalue weighted by atomic mass is 16.5. The van der Waals surface area contributed by atoms with Crippen molar-refractivity contribution in [3.05, 3.63) is 89.5 Å². The van der Waals surface area contributed by atoms with Crippen LogP contribution < -0.4 is 15.8 Å². The van der Waals surface area contributed by atoms with Crippen molar-refractivity contribution in [2.45, 2.75) is 18.6 Å². The molecule has 0 saturated carbocycles. The summed E-state index contributed by atoms with van der Waals surface area (Å²) in [5.41, 5.74) is 8.73. The van der Waals surface area contributed by atoms with E-state index >= 15 is 0 Å². The van der Waals surface area contributed by atoms with Crippen LogP contribution in [0.5, 0.6) is 5.75 Å². The van der Waals surface area contributed by atoms with Crippen LogP contribution in [-0.2, 0) is 10.3 Å². The standard InChI is InChI=1S/C25H20N4O2/c1-15-22(17-7-3-2-4-8-17)31-21-11-10-19(18-9-5-6-16(12-18)14-26)13-20(21)25(15)23(30)28-24(27)29-25/h2-13,15,22H,1H3,(H3,27,28,29,30)/t15?,22-,25-/m1/s1. The second kappa shape index (κ2) is 6.99. The van der Waals surface area contributed by atoms with E-state index in [1.807, 2.05) is 73.7 Å². The van der Waals surface area contributed by atoms with Crippen molar-refractivity contribution in [2.75, 3.05) is 0 Å². The number of rotatable bonds is 2. The van der Waals surface area contributed by atoms with Crippen molar-refractivity contribution in [2.24, 2.45) is 16.6 Å². The molecule has 3 N–H and O–H groups in total. The molecule has 3 aromatic carbocycles. The molecule has 0 fully saturated rings. The number of fused-ring (bicyclic) bond motifs is 2. The minimum absolute atomic E-state index is 0.105. The summed E-state index contributed by atoms with van der Waals surface area (Å²) >= 11 is 0. The number of nitrogens with one attached hydrogen (secondary N) is 1. The lowest BCUT2D eigenvalue weighted by Crippen LogP contribution is -2.48. The van der Waals surface area contributed by atoms with Gasteiger partial charge in [0, 0.05) is 11.5 Å². The van der Waals surface area contributed by atoms with Crippen LogP contribution in [0.1, 0.15) is 29.7 Å². The maximum Gasteiger partial charge on any atom is 0.259 e. The van der Waals surface area contributed by atoms with Gasteiger partial charge in [0.2, 0.25) is 0 Å². The molecule has 6 nitrogen and oxygen atoms in total. The molecule has 31 heavy (non-hydrogen) atoms. The van der Waals surface area contributed by atoms with Gasteiger partial charge in [-0.05, 0) is 41.0 Å². The maximum atomic E-state index is 13.3. The molecule has 1 spiro atoms. The zero-order valence-electron chi connectivity index (χ0n) is 16.9. The molecule has 152 valence electrons. The smallest absolute Gasteiger partial charge is 0.259 e. The topological polar surface area (TPSA) is 100 Å². The van der Waals surface area contributed by atoms with Crippen molar-refractivity contribution in [1.82, 2.24) is 5.32 Å². The fourth-order valence-electron chi connectivity index (χ4n) is 4.55. The zero-order valence-corrected chi connectivity index (χ0v) is 16.9. The zero-order chi connectivity index (χ0) is 21.6. The monoisotopic (exact) mass is 408 g/mol. The van der Waals surface area contributed by atoms with Crippen LogP contribution >= 0.6 is 0 Å². The highest BCUT2D eigenvalue weighted by Gasteiger charge is 2.56. The van der Waals surface area contributed by atoms with Crippen LogP contribution in [0.15, 0.2) is 77.8 Å². The molecular weight excluding hydrogens is 388 g/mol. The van der Waals surface area contributed by atoms with Crippen LogP contribution in [0.4, 0.5) is 0 Å². The Morgan fingerprint density at radius 1 is 1.06 bits per heavy atom. The lowest BCUT2D eigenvalue weighted by molar-refractivity contribution is -0.128. The predicted octanol–water partition coefficient (Wildman–Crippen LogP) is 3.63. The van der Waals surface area contributed by atoms with Gasteiger partial charge >= 0.3 is 0 Å². The van der Waals surface area contributed by atoms with E-state index in [2.05, 4.69) is 16.4 Å². The van der Waals surface area contributed by atoms with Gasteiger partial charge in [-0.25, -0.2) is 4.99 Å². The first-order valence-electron chi connectivity index (χ1n) is 10.1. The van der Waals surface area contributed by atoms with Gasteiger partial charge in [-0.1, -0.05) is 55.5 Å². The number of carbonyl (C=O) groups excluding carboxylic acids is 1. The van der Waals surface area contributed by atoms with E-state index in [-0.39, 0.29) is 23.9 Å². The molecule has 0 bridgehead atoms. The van der Waals surface area contributed by atoms with Gasteiger partial charge in [0.05, 0.1) is 11.6 Å². The van der Waals surface area contributed by atoms with Gasteiger partial charge in [0.15, 0.2) is 11.5 Å². The number of nitriles is 1. The third-order valence-electron chi connectivity index (χ3n) is 6.09. The van der Waals surface area contributed by atoms with Gasteiger partial charge < -0.3 is 10.5 Å². The molecule has 2 heterocycles. The molecule has 3 aromatic rings. The Hall–Kier alpha value is -4.11. The van der Waals surface area contributed by atoms with E-state index in [4.69, 9.17) is 10.5 Å². The summed E-state index contributed by atoms with van der Waals surface area (Å²) in [6, 6.07) is 25.1. The summed E-state index contributed by atoms with van der Waals surface area (Å²) in [5, 5.41) is 11.9. The first-order chi connectivity index (χ1) is 15.0. The number of aliphatic imine (C=N–C) groups is 1. The Labute approximate surface area is 180 Å². The molecule has 0 saturated heterocycles. The van der Waals surface area contributed by atoms with Gasteiger partial charge in [0.25, 0.3) is 5.91 Å². The summed E-state index contributed by atoms with van der Waals surface area (Å²) in [5.74, 6) is 0.143. The molecule has 2 aliphatic rings. The fraction of sp³-hybridized carbons (Fsp3) is 0.160. The minimum atomic E-state index is -1.19.